The van der Waals surface area contributed by atoms with Gasteiger partial charge in [-0.3, -0.25) is 6.16 Å². The zero-order valence-corrected chi connectivity index (χ0v) is 13.6. The summed E-state index contributed by atoms with van der Waals surface area (Å²) in [5.41, 5.74) is 1.36. The van der Waals surface area contributed by atoms with Crippen molar-refractivity contribution in [1.29, 1.82) is 0 Å². The van der Waals surface area contributed by atoms with Gasteiger partial charge in [0.05, 0.1) is 0 Å². The van der Waals surface area contributed by atoms with E-state index in [9.17, 15) is 0 Å². The van der Waals surface area contributed by atoms with Gasteiger partial charge in [-0.25, -0.2) is 7.92 Å². The molecule has 0 aromatic heterocycles. The molecule has 3 rings (SSSR count). The quantitative estimate of drug-likeness (QED) is 0.578. The van der Waals surface area contributed by atoms with Crippen molar-refractivity contribution in [1.82, 2.24) is 0 Å². The van der Waals surface area contributed by atoms with Crippen molar-refractivity contribution in [3.63, 3.8) is 0 Å². The van der Waals surface area contributed by atoms with Crippen LogP contribution in [0.15, 0.2) is 54.6 Å². The first-order valence-corrected chi connectivity index (χ1v) is 7.66. The first-order valence-electron chi connectivity index (χ1n) is 6.07. The van der Waals surface area contributed by atoms with Crippen LogP contribution in [0.25, 0.3) is 0 Å². The fourth-order valence-corrected chi connectivity index (χ4v) is 4.79. The Kier molecular flexibility index (Phi) is 5.34. The summed E-state index contributed by atoms with van der Waals surface area (Å²) in [4.78, 5) is 0. The molecule has 0 spiro atoms. The van der Waals surface area contributed by atoms with Crippen molar-refractivity contribution < 1.29 is 26.2 Å². The van der Waals surface area contributed by atoms with E-state index >= 15 is 0 Å². The molecule has 88 valence electrons. The van der Waals surface area contributed by atoms with E-state index in [4.69, 9.17) is 0 Å². The van der Waals surface area contributed by atoms with Gasteiger partial charge in [0.2, 0.25) is 0 Å². The molecule has 0 bridgehead atoms. The fourth-order valence-electron chi connectivity index (χ4n) is 2.35. The predicted octanol–water partition coefficient (Wildman–Crippen LogP) is 3.94. The minimum absolute atomic E-state index is 0. The average molecular weight is 329 g/mol. The Morgan fingerprint density at radius 3 is 2.56 bits per heavy atom. The molecule has 1 aliphatic rings. The number of benzene rings is 2. The van der Waals surface area contributed by atoms with Crippen LogP contribution in [0.2, 0.25) is 0 Å². The third kappa shape index (κ3) is 3.20. The second-order valence-electron chi connectivity index (χ2n) is 4.39. The smallest absolute Gasteiger partial charge is 0.293 e. The molecule has 0 nitrogen and oxygen atoms in total. The minimum atomic E-state index is -0.0482. The van der Waals surface area contributed by atoms with Crippen LogP contribution in [0.3, 0.4) is 0 Å². The van der Waals surface area contributed by atoms with Gasteiger partial charge in [-0.05, 0) is 0 Å². The average Bonchev–Trinajstić information content (AvgIpc) is 2.90. The third-order valence-corrected chi connectivity index (χ3v) is 5.68. The molecule has 1 heterocycles. The second kappa shape index (κ2) is 6.79. The van der Waals surface area contributed by atoms with E-state index in [-0.39, 0.29) is 34.1 Å². The molecule has 0 radical (unpaired) electrons. The molecule has 2 atom stereocenters. The van der Waals surface area contributed by atoms with Gasteiger partial charge < -0.3 is 0 Å². The van der Waals surface area contributed by atoms with Crippen molar-refractivity contribution in [2.24, 2.45) is 0 Å². The number of hydrogen-bond acceptors (Lipinski definition) is 0. The Labute approximate surface area is 130 Å². The summed E-state index contributed by atoms with van der Waals surface area (Å²) in [6.07, 6.45) is 5.16. The maximum absolute atomic E-state index is 3.36. The maximum atomic E-state index is 3.36. The zero-order chi connectivity index (χ0) is 11.5. The van der Waals surface area contributed by atoms with E-state index < -0.39 is 0 Å². The van der Waals surface area contributed by atoms with Gasteiger partial charge >= 0.3 is 26.2 Å². The van der Waals surface area contributed by atoms with Crippen LogP contribution in [-0.4, -0.2) is 6.16 Å². The monoisotopic (exact) mass is 328 g/mol. The first-order chi connectivity index (χ1) is 8.43. The summed E-state index contributed by atoms with van der Waals surface area (Å²) in [7, 11) is -0.0482. The number of rotatable bonds is 2. The predicted molar refractivity (Wildman–Crippen MR) is 74.8 cm³/mol. The summed E-state index contributed by atoms with van der Waals surface area (Å²) < 4.78 is 0. The van der Waals surface area contributed by atoms with E-state index in [1.165, 1.54) is 23.5 Å². The van der Waals surface area contributed by atoms with E-state index in [1.54, 1.807) is 0 Å². The molecule has 1 saturated heterocycles. The van der Waals surface area contributed by atoms with Gasteiger partial charge in [0, 0.05) is 0 Å². The molecule has 1 fully saturated rings. The summed E-state index contributed by atoms with van der Waals surface area (Å²) >= 11 is 0. The molecule has 1 aliphatic heterocycles. The summed E-state index contributed by atoms with van der Waals surface area (Å²) in [6.45, 7) is 0. The standard InChI is InChI=1S/C16H15P.Zr/c1-3-7-14(8-4-1)15-11-12-17(13-15)16-9-5-2-6-10-16;/h1-7,9-10,13,15H,11-12H2;/q-2;+2. The molecule has 2 heteroatoms. The zero-order valence-electron chi connectivity index (χ0n) is 10.2. The van der Waals surface area contributed by atoms with Crippen molar-refractivity contribution >= 4 is 13.2 Å². The molecule has 2 aromatic rings. The molecule has 18 heavy (non-hydrogen) atoms. The first kappa shape index (κ1) is 14.2. The van der Waals surface area contributed by atoms with Gasteiger partial charge in [0.1, 0.15) is 0 Å². The summed E-state index contributed by atoms with van der Waals surface area (Å²) in [5, 5.41) is 1.51. The molecular formula is C16H15PZr. The Morgan fingerprint density at radius 2 is 1.83 bits per heavy atom. The van der Waals surface area contributed by atoms with E-state index in [2.05, 4.69) is 54.7 Å². The van der Waals surface area contributed by atoms with E-state index in [1.807, 2.05) is 12.1 Å². The van der Waals surface area contributed by atoms with Crippen LogP contribution in [0.4, 0.5) is 0 Å². The van der Waals surface area contributed by atoms with Gasteiger partial charge in [0.15, 0.2) is 0 Å². The molecule has 2 aromatic carbocycles. The van der Waals surface area contributed by atoms with Crippen molar-refractivity contribution in [3.05, 3.63) is 72.4 Å². The van der Waals surface area contributed by atoms with Crippen molar-refractivity contribution in [3.8, 4) is 0 Å². The van der Waals surface area contributed by atoms with Crippen molar-refractivity contribution in [2.45, 2.75) is 12.3 Å². The molecule has 0 aliphatic carbocycles. The van der Waals surface area contributed by atoms with Crippen LogP contribution < -0.4 is 5.30 Å². The van der Waals surface area contributed by atoms with Crippen LogP contribution in [0.5, 0.6) is 0 Å². The fraction of sp³-hybridized carbons (Fsp3) is 0.188. The van der Waals surface area contributed by atoms with Crippen LogP contribution in [0.1, 0.15) is 17.9 Å². The van der Waals surface area contributed by atoms with Crippen molar-refractivity contribution in [2.75, 3.05) is 6.16 Å². The number of hydrogen-bond donors (Lipinski definition) is 0. The summed E-state index contributed by atoms with van der Waals surface area (Å²) in [6, 6.07) is 22.6. The van der Waals surface area contributed by atoms with E-state index in [0.29, 0.717) is 5.92 Å². The molecule has 0 N–H and O–H groups in total. The summed E-state index contributed by atoms with van der Waals surface area (Å²) in [5.74, 6) is 0.613. The van der Waals surface area contributed by atoms with Gasteiger partial charge in [0.25, 0.3) is 0 Å². The third-order valence-electron chi connectivity index (χ3n) is 3.26. The van der Waals surface area contributed by atoms with Gasteiger partial charge in [-0.1, -0.05) is 48.2 Å². The Balaban J connectivity index is 0.00000120. The van der Waals surface area contributed by atoms with Crippen LogP contribution >= 0.6 is 7.92 Å². The Morgan fingerprint density at radius 1 is 1.06 bits per heavy atom. The Hall–Kier alpha value is -0.247. The molecule has 0 saturated carbocycles. The molecule has 2 unspecified atom stereocenters. The molecular weight excluding hydrogens is 314 g/mol. The molecule has 0 amide bonds. The largest absolute Gasteiger partial charge is 2.00 e. The second-order valence-corrected chi connectivity index (χ2v) is 6.59. The topological polar surface area (TPSA) is 0 Å². The van der Waals surface area contributed by atoms with Gasteiger partial charge in [-0.2, -0.15) is 41.8 Å². The maximum Gasteiger partial charge on any atom is 2.00 e. The van der Waals surface area contributed by atoms with Gasteiger partial charge in [-0.15, -0.1) is 0 Å². The van der Waals surface area contributed by atoms with E-state index in [0.717, 1.165) is 0 Å². The minimum Gasteiger partial charge on any atom is -0.293 e. The normalized spacial score (nSPS) is 22.4. The van der Waals surface area contributed by atoms with Crippen LogP contribution in [-0.2, 0) is 26.2 Å². The van der Waals surface area contributed by atoms with Crippen LogP contribution in [0, 0.1) is 12.2 Å². The Bertz CT molecular complexity index is 423. The SMILES string of the molecule is [Zr+2].[c-]1ccccc1C1[CH-]P(c2ccccc2)CC1.